The second kappa shape index (κ2) is 6.21. The summed E-state index contributed by atoms with van der Waals surface area (Å²) in [6.07, 6.45) is 12.5. The molecule has 2 aromatic rings. The maximum absolute atomic E-state index is 4.54. The number of nitrogens with one attached hydrogen (secondary N) is 1. The van der Waals surface area contributed by atoms with Crippen LogP contribution in [0.5, 0.6) is 0 Å². The SMILES string of the molecule is c1cc2c(NC[C@@H]3CCC[C@H]3N3CCCC3)nccc2cn1. The van der Waals surface area contributed by atoms with E-state index in [1.54, 1.807) is 0 Å². The van der Waals surface area contributed by atoms with Crippen molar-refractivity contribution in [2.75, 3.05) is 25.0 Å². The Bertz CT molecular complexity index is 631. The number of rotatable bonds is 4. The lowest BCUT2D eigenvalue weighted by Gasteiger charge is -2.29. The molecule has 116 valence electrons. The zero-order chi connectivity index (χ0) is 14.8. The van der Waals surface area contributed by atoms with Crippen LogP contribution in [0.25, 0.3) is 10.8 Å². The van der Waals surface area contributed by atoms with E-state index in [0.29, 0.717) is 0 Å². The van der Waals surface area contributed by atoms with Crippen LogP contribution in [-0.2, 0) is 0 Å². The topological polar surface area (TPSA) is 41.0 Å². The van der Waals surface area contributed by atoms with Crippen molar-refractivity contribution in [1.82, 2.24) is 14.9 Å². The van der Waals surface area contributed by atoms with Gasteiger partial charge in [-0.2, -0.15) is 0 Å². The first-order chi connectivity index (χ1) is 10.9. The summed E-state index contributed by atoms with van der Waals surface area (Å²) in [5.41, 5.74) is 0. The van der Waals surface area contributed by atoms with Crippen molar-refractivity contribution in [1.29, 1.82) is 0 Å². The molecule has 2 aromatic heterocycles. The fourth-order valence-electron chi connectivity index (χ4n) is 4.19. The van der Waals surface area contributed by atoms with Crippen LogP contribution in [0.2, 0.25) is 0 Å². The van der Waals surface area contributed by atoms with Gasteiger partial charge >= 0.3 is 0 Å². The first-order valence-electron chi connectivity index (χ1n) is 8.58. The van der Waals surface area contributed by atoms with Gasteiger partial charge in [0.15, 0.2) is 0 Å². The molecule has 22 heavy (non-hydrogen) atoms. The third kappa shape index (κ3) is 2.68. The molecule has 4 heteroatoms. The lowest BCUT2D eigenvalue weighted by molar-refractivity contribution is 0.202. The van der Waals surface area contributed by atoms with Gasteiger partial charge in [0, 0.05) is 41.9 Å². The highest BCUT2D eigenvalue weighted by molar-refractivity contribution is 5.90. The van der Waals surface area contributed by atoms with Gasteiger partial charge in [-0.05, 0) is 56.8 Å². The smallest absolute Gasteiger partial charge is 0.133 e. The summed E-state index contributed by atoms with van der Waals surface area (Å²) < 4.78 is 0. The van der Waals surface area contributed by atoms with Gasteiger partial charge in [0.1, 0.15) is 5.82 Å². The second-order valence-electron chi connectivity index (χ2n) is 6.64. The summed E-state index contributed by atoms with van der Waals surface area (Å²) in [4.78, 5) is 11.5. The molecule has 2 atom stereocenters. The zero-order valence-corrected chi connectivity index (χ0v) is 13.0. The first kappa shape index (κ1) is 13.9. The Morgan fingerprint density at radius 2 is 2.00 bits per heavy atom. The molecule has 1 aliphatic heterocycles. The van der Waals surface area contributed by atoms with Gasteiger partial charge in [0.2, 0.25) is 0 Å². The Labute approximate surface area is 131 Å². The Morgan fingerprint density at radius 3 is 2.91 bits per heavy atom. The van der Waals surface area contributed by atoms with Gasteiger partial charge in [0.05, 0.1) is 0 Å². The van der Waals surface area contributed by atoms with Crippen molar-refractivity contribution in [2.24, 2.45) is 5.92 Å². The molecule has 0 unspecified atom stereocenters. The second-order valence-corrected chi connectivity index (χ2v) is 6.64. The largest absolute Gasteiger partial charge is 0.369 e. The lowest BCUT2D eigenvalue weighted by atomic mass is 10.0. The molecule has 0 spiro atoms. The molecule has 4 nitrogen and oxygen atoms in total. The molecule has 1 saturated heterocycles. The van der Waals surface area contributed by atoms with E-state index in [9.17, 15) is 0 Å². The van der Waals surface area contributed by atoms with Crippen LogP contribution in [-0.4, -0.2) is 40.5 Å². The lowest BCUT2D eigenvalue weighted by Crippen LogP contribution is -2.38. The Kier molecular flexibility index (Phi) is 3.94. The van der Waals surface area contributed by atoms with Gasteiger partial charge in [0.25, 0.3) is 0 Å². The summed E-state index contributed by atoms with van der Waals surface area (Å²) in [7, 11) is 0. The molecule has 3 heterocycles. The number of pyridine rings is 2. The molecule has 1 aliphatic carbocycles. The third-order valence-electron chi connectivity index (χ3n) is 5.33. The first-order valence-corrected chi connectivity index (χ1v) is 8.58. The van der Waals surface area contributed by atoms with E-state index in [1.165, 1.54) is 50.6 Å². The van der Waals surface area contributed by atoms with Crippen LogP contribution in [0.4, 0.5) is 5.82 Å². The predicted octanol–water partition coefficient (Wildman–Crippen LogP) is 3.31. The molecule has 0 bridgehead atoms. The van der Waals surface area contributed by atoms with E-state index in [4.69, 9.17) is 0 Å². The number of likely N-dealkylation sites (tertiary alicyclic amines) is 1. The van der Waals surface area contributed by atoms with E-state index >= 15 is 0 Å². The van der Waals surface area contributed by atoms with E-state index in [-0.39, 0.29) is 0 Å². The highest BCUT2D eigenvalue weighted by Gasteiger charge is 2.33. The fourth-order valence-corrected chi connectivity index (χ4v) is 4.19. The van der Waals surface area contributed by atoms with Crippen LogP contribution in [0, 0.1) is 5.92 Å². The predicted molar refractivity (Wildman–Crippen MR) is 90.0 cm³/mol. The quantitative estimate of drug-likeness (QED) is 0.940. The number of anilines is 1. The third-order valence-corrected chi connectivity index (χ3v) is 5.33. The zero-order valence-electron chi connectivity index (χ0n) is 13.0. The molecule has 1 N–H and O–H groups in total. The standard InChI is InChI=1S/C18H24N4/c1-2-11-22(10-1)17-5-3-4-15(17)13-21-18-16-7-8-19-12-14(16)6-9-20-18/h6-9,12,15,17H,1-5,10-11,13H2,(H,20,21)/t15-,17+/m0/s1. The van der Waals surface area contributed by atoms with Crippen molar-refractivity contribution >= 4 is 16.6 Å². The molecular weight excluding hydrogens is 272 g/mol. The van der Waals surface area contributed by atoms with Gasteiger partial charge in [-0.25, -0.2) is 4.98 Å². The molecule has 0 aromatic carbocycles. The Balaban J connectivity index is 1.47. The summed E-state index contributed by atoms with van der Waals surface area (Å²) in [6, 6.07) is 4.86. The summed E-state index contributed by atoms with van der Waals surface area (Å²) >= 11 is 0. The number of nitrogens with zero attached hydrogens (tertiary/aromatic N) is 3. The molecular formula is C18H24N4. The van der Waals surface area contributed by atoms with Gasteiger partial charge in [-0.15, -0.1) is 0 Å². The van der Waals surface area contributed by atoms with Gasteiger partial charge in [-0.3, -0.25) is 4.98 Å². The van der Waals surface area contributed by atoms with Crippen molar-refractivity contribution in [3.05, 3.63) is 30.7 Å². The minimum Gasteiger partial charge on any atom is -0.369 e. The summed E-state index contributed by atoms with van der Waals surface area (Å²) in [5, 5.41) is 5.95. The number of aromatic nitrogens is 2. The minimum atomic E-state index is 0.761. The average molecular weight is 296 g/mol. The molecule has 2 fully saturated rings. The van der Waals surface area contributed by atoms with E-state index in [1.807, 2.05) is 24.7 Å². The highest BCUT2D eigenvalue weighted by Crippen LogP contribution is 2.32. The highest BCUT2D eigenvalue weighted by atomic mass is 15.2. The van der Waals surface area contributed by atoms with Gasteiger partial charge in [-0.1, -0.05) is 6.42 Å². The van der Waals surface area contributed by atoms with E-state index in [2.05, 4.69) is 26.3 Å². The maximum Gasteiger partial charge on any atom is 0.133 e. The minimum absolute atomic E-state index is 0.761. The molecule has 2 aliphatic rings. The van der Waals surface area contributed by atoms with Crippen molar-refractivity contribution in [3.63, 3.8) is 0 Å². The van der Waals surface area contributed by atoms with Crippen LogP contribution < -0.4 is 5.32 Å². The summed E-state index contributed by atoms with van der Waals surface area (Å²) in [5.74, 6) is 1.77. The van der Waals surface area contributed by atoms with E-state index < -0.39 is 0 Å². The average Bonchev–Trinajstić information content (AvgIpc) is 3.23. The van der Waals surface area contributed by atoms with Crippen molar-refractivity contribution in [3.8, 4) is 0 Å². The summed E-state index contributed by atoms with van der Waals surface area (Å²) in [6.45, 7) is 3.65. The maximum atomic E-state index is 4.54. The molecule has 0 radical (unpaired) electrons. The number of fused-ring (bicyclic) bond motifs is 1. The van der Waals surface area contributed by atoms with Crippen molar-refractivity contribution < 1.29 is 0 Å². The molecule has 0 amide bonds. The monoisotopic (exact) mass is 296 g/mol. The molecule has 1 saturated carbocycles. The van der Waals surface area contributed by atoms with Crippen molar-refractivity contribution in [2.45, 2.75) is 38.1 Å². The number of hydrogen-bond donors (Lipinski definition) is 1. The molecule has 4 rings (SSSR count). The fraction of sp³-hybridized carbons (Fsp3) is 0.556. The van der Waals surface area contributed by atoms with Crippen LogP contribution in [0.1, 0.15) is 32.1 Å². The van der Waals surface area contributed by atoms with Crippen LogP contribution in [0.3, 0.4) is 0 Å². The normalized spacial score (nSPS) is 25.8. The van der Waals surface area contributed by atoms with Crippen LogP contribution >= 0.6 is 0 Å². The van der Waals surface area contributed by atoms with E-state index in [0.717, 1.165) is 29.7 Å². The van der Waals surface area contributed by atoms with Crippen LogP contribution in [0.15, 0.2) is 30.7 Å². The van der Waals surface area contributed by atoms with Gasteiger partial charge < -0.3 is 10.2 Å². The number of hydrogen-bond acceptors (Lipinski definition) is 4. The Morgan fingerprint density at radius 1 is 1.09 bits per heavy atom. The Hall–Kier alpha value is -1.68.